The van der Waals surface area contributed by atoms with Gasteiger partial charge in [-0.3, -0.25) is 0 Å². The maximum atomic E-state index is 9.69. The Morgan fingerprint density at radius 2 is 1.25 bits per heavy atom. The van der Waals surface area contributed by atoms with E-state index in [0.717, 1.165) is 32.1 Å². The minimum Gasteiger partial charge on any atom is -0.393 e. The molecule has 98 valence electrons. The standard InChI is InChI=1S/C14H30O2/c1-3-5-6-7-8-9-10-14(16)12-11-13(15)4-2/h13-16H,3-12H2,1-2H3/t13-,14+/m0/s1. The van der Waals surface area contributed by atoms with Crippen molar-refractivity contribution in [1.29, 1.82) is 0 Å². The molecule has 0 aromatic heterocycles. The summed E-state index contributed by atoms with van der Waals surface area (Å²) in [5, 5.41) is 19.0. The van der Waals surface area contributed by atoms with Crippen LogP contribution < -0.4 is 0 Å². The van der Waals surface area contributed by atoms with Gasteiger partial charge in [-0.1, -0.05) is 52.4 Å². The van der Waals surface area contributed by atoms with Gasteiger partial charge in [0.25, 0.3) is 0 Å². The molecule has 0 saturated heterocycles. The predicted molar refractivity (Wildman–Crippen MR) is 69.5 cm³/mol. The van der Waals surface area contributed by atoms with Crippen LogP contribution in [0.1, 0.15) is 78.1 Å². The molecule has 16 heavy (non-hydrogen) atoms. The van der Waals surface area contributed by atoms with E-state index in [1.54, 1.807) is 0 Å². The van der Waals surface area contributed by atoms with E-state index in [0.29, 0.717) is 0 Å². The van der Waals surface area contributed by atoms with E-state index in [1.165, 1.54) is 32.1 Å². The van der Waals surface area contributed by atoms with Gasteiger partial charge in [0.15, 0.2) is 0 Å². The lowest BCUT2D eigenvalue weighted by Gasteiger charge is -2.12. The highest BCUT2D eigenvalue weighted by atomic mass is 16.3. The third-order valence-electron chi connectivity index (χ3n) is 3.20. The minimum atomic E-state index is -0.223. The SMILES string of the molecule is CCCCCCCC[C@@H](O)CC[C@@H](O)CC. The Morgan fingerprint density at radius 1 is 0.688 bits per heavy atom. The molecule has 0 aromatic rings. The highest BCUT2D eigenvalue weighted by Gasteiger charge is 2.07. The van der Waals surface area contributed by atoms with E-state index in [-0.39, 0.29) is 12.2 Å². The molecule has 0 bridgehead atoms. The van der Waals surface area contributed by atoms with E-state index in [4.69, 9.17) is 0 Å². The summed E-state index contributed by atoms with van der Waals surface area (Å²) in [6.45, 7) is 4.20. The van der Waals surface area contributed by atoms with Crippen LogP contribution in [0.15, 0.2) is 0 Å². The van der Waals surface area contributed by atoms with Crippen molar-refractivity contribution in [3.8, 4) is 0 Å². The van der Waals surface area contributed by atoms with Gasteiger partial charge in [-0.05, 0) is 25.7 Å². The van der Waals surface area contributed by atoms with Crippen molar-refractivity contribution in [2.75, 3.05) is 0 Å². The van der Waals surface area contributed by atoms with Crippen LogP contribution in [0.3, 0.4) is 0 Å². The lowest BCUT2D eigenvalue weighted by molar-refractivity contribution is 0.105. The summed E-state index contributed by atoms with van der Waals surface area (Å²) in [5.41, 5.74) is 0. The fraction of sp³-hybridized carbons (Fsp3) is 1.00. The molecule has 2 atom stereocenters. The quantitative estimate of drug-likeness (QED) is 0.532. The van der Waals surface area contributed by atoms with Gasteiger partial charge >= 0.3 is 0 Å². The first-order valence-corrected chi connectivity index (χ1v) is 7.06. The van der Waals surface area contributed by atoms with Crippen molar-refractivity contribution in [3.63, 3.8) is 0 Å². The second-order valence-electron chi connectivity index (χ2n) is 4.85. The van der Waals surface area contributed by atoms with Gasteiger partial charge in [0, 0.05) is 0 Å². The van der Waals surface area contributed by atoms with Gasteiger partial charge in [-0.15, -0.1) is 0 Å². The van der Waals surface area contributed by atoms with Crippen LogP contribution in [0, 0.1) is 0 Å². The number of aliphatic hydroxyl groups is 2. The summed E-state index contributed by atoms with van der Waals surface area (Å²) in [5.74, 6) is 0. The van der Waals surface area contributed by atoms with Crippen LogP contribution in [0.25, 0.3) is 0 Å². The van der Waals surface area contributed by atoms with Crippen molar-refractivity contribution >= 4 is 0 Å². The maximum Gasteiger partial charge on any atom is 0.0541 e. The van der Waals surface area contributed by atoms with Gasteiger partial charge in [0.2, 0.25) is 0 Å². The first kappa shape index (κ1) is 15.9. The molecule has 2 nitrogen and oxygen atoms in total. The second-order valence-corrected chi connectivity index (χ2v) is 4.85. The van der Waals surface area contributed by atoms with Crippen LogP contribution in [-0.4, -0.2) is 22.4 Å². The van der Waals surface area contributed by atoms with Gasteiger partial charge in [0.05, 0.1) is 12.2 Å². The Kier molecular flexibility index (Phi) is 11.3. The van der Waals surface area contributed by atoms with Crippen LogP contribution in [-0.2, 0) is 0 Å². The summed E-state index contributed by atoms with van der Waals surface area (Å²) in [7, 11) is 0. The fourth-order valence-corrected chi connectivity index (χ4v) is 1.89. The van der Waals surface area contributed by atoms with Crippen LogP contribution in [0.5, 0.6) is 0 Å². The summed E-state index contributed by atoms with van der Waals surface area (Å²) in [6, 6.07) is 0. The monoisotopic (exact) mass is 230 g/mol. The lowest BCUT2D eigenvalue weighted by Crippen LogP contribution is -2.12. The topological polar surface area (TPSA) is 40.5 Å². The average Bonchev–Trinajstić information content (AvgIpc) is 2.30. The van der Waals surface area contributed by atoms with Crippen molar-refractivity contribution in [3.05, 3.63) is 0 Å². The Hall–Kier alpha value is -0.0800. The third kappa shape index (κ3) is 10.4. The molecule has 0 aliphatic carbocycles. The molecule has 0 aliphatic rings. The van der Waals surface area contributed by atoms with Crippen molar-refractivity contribution in [2.45, 2.75) is 90.3 Å². The summed E-state index contributed by atoms with van der Waals surface area (Å²) < 4.78 is 0. The molecule has 0 aromatic carbocycles. The zero-order chi connectivity index (χ0) is 12.2. The minimum absolute atomic E-state index is 0.202. The molecule has 0 unspecified atom stereocenters. The molecular weight excluding hydrogens is 200 g/mol. The fourth-order valence-electron chi connectivity index (χ4n) is 1.89. The molecule has 0 saturated carbocycles. The molecule has 2 N–H and O–H groups in total. The third-order valence-corrected chi connectivity index (χ3v) is 3.20. The number of hydrogen-bond donors (Lipinski definition) is 2. The van der Waals surface area contributed by atoms with E-state index < -0.39 is 0 Å². The largest absolute Gasteiger partial charge is 0.393 e. The van der Waals surface area contributed by atoms with E-state index in [2.05, 4.69) is 6.92 Å². The number of rotatable bonds is 11. The first-order chi connectivity index (χ1) is 7.70. The summed E-state index contributed by atoms with van der Waals surface area (Å²) in [6.07, 6.45) is 10.4. The number of unbranched alkanes of at least 4 members (excludes halogenated alkanes) is 5. The zero-order valence-electron chi connectivity index (χ0n) is 11.1. The Bertz CT molecular complexity index is 137. The Labute approximate surface area is 101 Å². The molecule has 0 amide bonds. The maximum absolute atomic E-state index is 9.69. The van der Waals surface area contributed by atoms with Crippen molar-refractivity contribution < 1.29 is 10.2 Å². The Balaban J connectivity index is 3.20. The van der Waals surface area contributed by atoms with Crippen molar-refractivity contribution in [1.82, 2.24) is 0 Å². The van der Waals surface area contributed by atoms with Crippen LogP contribution in [0.2, 0.25) is 0 Å². The molecule has 0 fully saturated rings. The molecule has 0 spiro atoms. The van der Waals surface area contributed by atoms with Gasteiger partial charge in [0.1, 0.15) is 0 Å². The molecule has 0 radical (unpaired) electrons. The summed E-state index contributed by atoms with van der Waals surface area (Å²) in [4.78, 5) is 0. The van der Waals surface area contributed by atoms with Gasteiger partial charge < -0.3 is 10.2 Å². The zero-order valence-corrected chi connectivity index (χ0v) is 11.1. The first-order valence-electron chi connectivity index (χ1n) is 7.06. The van der Waals surface area contributed by atoms with Gasteiger partial charge in [-0.2, -0.15) is 0 Å². The van der Waals surface area contributed by atoms with Crippen LogP contribution in [0.4, 0.5) is 0 Å². The lowest BCUT2D eigenvalue weighted by atomic mass is 10.0. The van der Waals surface area contributed by atoms with Crippen LogP contribution >= 0.6 is 0 Å². The normalized spacial score (nSPS) is 15.0. The number of hydrogen-bond acceptors (Lipinski definition) is 2. The molecule has 2 heteroatoms. The van der Waals surface area contributed by atoms with E-state index in [1.807, 2.05) is 6.92 Å². The highest BCUT2D eigenvalue weighted by Crippen LogP contribution is 2.12. The predicted octanol–water partition coefficient (Wildman–Crippen LogP) is 3.65. The van der Waals surface area contributed by atoms with E-state index in [9.17, 15) is 10.2 Å². The molecular formula is C14H30O2. The van der Waals surface area contributed by atoms with Gasteiger partial charge in [-0.25, -0.2) is 0 Å². The summed E-state index contributed by atoms with van der Waals surface area (Å²) >= 11 is 0. The highest BCUT2D eigenvalue weighted by molar-refractivity contribution is 4.60. The smallest absolute Gasteiger partial charge is 0.0541 e. The average molecular weight is 230 g/mol. The Morgan fingerprint density at radius 3 is 1.88 bits per heavy atom. The van der Waals surface area contributed by atoms with E-state index >= 15 is 0 Å². The molecule has 0 aliphatic heterocycles. The second kappa shape index (κ2) is 11.4. The number of aliphatic hydroxyl groups excluding tert-OH is 2. The molecule has 0 heterocycles. The van der Waals surface area contributed by atoms with Crippen molar-refractivity contribution in [2.24, 2.45) is 0 Å². The molecule has 0 rings (SSSR count).